The number of urea groups is 1. The number of carboxylic acids is 1. The van der Waals surface area contributed by atoms with Crippen LogP contribution in [0.4, 0.5) is 10.5 Å². The van der Waals surface area contributed by atoms with Crippen molar-refractivity contribution in [2.75, 3.05) is 5.32 Å². The van der Waals surface area contributed by atoms with E-state index in [2.05, 4.69) is 10.6 Å². The summed E-state index contributed by atoms with van der Waals surface area (Å²) < 4.78 is 0. The molecular formula is C15H20N2O3. The molecule has 0 spiro atoms. The van der Waals surface area contributed by atoms with Crippen molar-refractivity contribution in [1.29, 1.82) is 0 Å². The molecule has 3 N–H and O–H groups in total. The van der Waals surface area contributed by atoms with Crippen molar-refractivity contribution in [3.8, 4) is 0 Å². The quantitative estimate of drug-likeness (QED) is 0.742. The van der Waals surface area contributed by atoms with Gasteiger partial charge in [0.1, 0.15) is 0 Å². The molecule has 2 amide bonds. The van der Waals surface area contributed by atoms with Gasteiger partial charge in [0, 0.05) is 17.3 Å². The Morgan fingerprint density at radius 2 is 1.90 bits per heavy atom. The Hall–Kier alpha value is -2.30. The summed E-state index contributed by atoms with van der Waals surface area (Å²) in [5.41, 5.74) is 2.05. The van der Waals surface area contributed by atoms with E-state index in [9.17, 15) is 9.59 Å². The number of carboxylic acid groups (broad SMARTS) is 1. The van der Waals surface area contributed by atoms with E-state index in [1.165, 1.54) is 6.08 Å². The largest absolute Gasteiger partial charge is 0.478 e. The highest BCUT2D eigenvalue weighted by Gasteiger charge is 2.13. The Bertz CT molecular complexity index is 543. The smallest absolute Gasteiger partial charge is 0.328 e. The third kappa shape index (κ3) is 5.56. The van der Waals surface area contributed by atoms with E-state index >= 15 is 0 Å². The molecule has 5 nitrogen and oxygen atoms in total. The number of carbonyl (C=O) groups excluding carboxylic acids is 1. The molecule has 1 rings (SSSR count). The number of rotatable bonds is 3. The molecule has 20 heavy (non-hydrogen) atoms. The summed E-state index contributed by atoms with van der Waals surface area (Å²) in [7, 11) is 0. The fourth-order valence-corrected chi connectivity index (χ4v) is 1.60. The fraction of sp³-hybridized carbons (Fsp3) is 0.333. The van der Waals surface area contributed by atoms with Crippen molar-refractivity contribution < 1.29 is 14.7 Å². The molecule has 0 heterocycles. The van der Waals surface area contributed by atoms with Crippen LogP contribution < -0.4 is 10.6 Å². The summed E-state index contributed by atoms with van der Waals surface area (Å²) in [6.07, 6.45) is 2.61. The van der Waals surface area contributed by atoms with Crippen LogP contribution >= 0.6 is 0 Å². The molecule has 5 heteroatoms. The van der Waals surface area contributed by atoms with Crippen molar-refractivity contribution in [2.45, 2.75) is 33.2 Å². The molecule has 1 aromatic carbocycles. The summed E-state index contributed by atoms with van der Waals surface area (Å²) in [6, 6.07) is 5.02. The predicted octanol–water partition coefficient (Wildman–Crippen LogP) is 3.01. The molecule has 108 valence electrons. The lowest BCUT2D eigenvalue weighted by molar-refractivity contribution is -0.131. The number of benzene rings is 1. The lowest BCUT2D eigenvalue weighted by Crippen LogP contribution is -2.43. The molecule has 0 bridgehead atoms. The second-order valence-electron chi connectivity index (χ2n) is 5.57. The van der Waals surface area contributed by atoms with E-state index in [1.54, 1.807) is 18.2 Å². The van der Waals surface area contributed by atoms with Gasteiger partial charge >= 0.3 is 12.0 Å². The first kappa shape index (κ1) is 15.8. The molecule has 0 atom stereocenters. The Balaban J connectivity index is 2.78. The molecule has 0 saturated heterocycles. The van der Waals surface area contributed by atoms with Gasteiger partial charge in [0.25, 0.3) is 0 Å². The number of nitrogens with one attached hydrogen (secondary N) is 2. The second kappa shape index (κ2) is 6.23. The van der Waals surface area contributed by atoms with Crippen molar-refractivity contribution in [3.05, 3.63) is 35.4 Å². The van der Waals surface area contributed by atoms with Crippen LogP contribution in [0.5, 0.6) is 0 Å². The molecule has 0 aromatic heterocycles. The second-order valence-corrected chi connectivity index (χ2v) is 5.57. The molecule has 0 aliphatic rings. The minimum absolute atomic E-state index is 0.272. The zero-order chi connectivity index (χ0) is 15.3. The average Bonchev–Trinajstić information content (AvgIpc) is 2.24. The van der Waals surface area contributed by atoms with Crippen molar-refractivity contribution >= 4 is 23.8 Å². The molecule has 1 aromatic rings. The van der Waals surface area contributed by atoms with Gasteiger partial charge in [-0.3, -0.25) is 0 Å². The first-order valence-corrected chi connectivity index (χ1v) is 6.28. The van der Waals surface area contributed by atoms with Crippen LogP contribution in [0.15, 0.2) is 24.3 Å². The summed E-state index contributed by atoms with van der Waals surface area (Å²) >= 11 is 0. The number of hydrogen-bond donors (Lipinski definition) is 3. The maximum absolute atomic E-state index is 11.7. The highest BCUT2D eigenvalue weighted by atomic mass is 16.4. The highest BCUT2D eigenvalue weighted by molar-refractivity contribution is 5.90. The number of amides is 2. The lowest BCUT2D eigenvalue weighted by Gasteiger charge is -2.21. The minimum atomic E-state index is -0.990. The summed E-state index contributed by atoms with van der Waals surface area (Å²) in [5.74, 6) is -0.990. The van der Waals surface area contributed by atoms with Crippen LogP contribution in [-0.4, -0.2) is 22.6 Å². The number of carbonyl (C=O) groups is 2. The standard InChI is InChI=1S/C15H20N2O3/c1-10-9-12(16-14(20)17-15(2,3)4)7-5-11(10)6-8-13(18)19/h5-9H,1-4H3,(H,18,19)(H2,16,17,20). The van der Waals surface area contributed by atoms with Crippen LogP contribution in [0.1, 0.15) is 31.9 Å². The minimum Gasteiger partial charge on any atom is -0.478 e. The number of aliphatic carboxylic acids is 1. The molecule has 0 unspecified atom stereocenters. The van der Waals surface area contributed by atoms with Gasteiger partial charge in [0.05, 0.1) is 0 Å². The molecule has 0 saturated carbocycles. The van der Waals surface area contributed by atoms with Gasteiger partial charge in [-0.15, -0.1) is 0 Å². The predicted molar refractivity (Wildman–Crippen MR) is 79.8 cm³/mol. The van der Waals surface area contributed by atoms with Gasteiger partial charge in [0.15, 0.2) is 0 Å². The van der Waals surface area contributed by atoms with Gasteiger partial charge in [-0.1, -0.05) is 6.07 Å². The van der Waals surface area contributed by atoms with Crippen molar-refractivity contribution in [3.63, 3.8) is 0 Å². The van der Waals surface area contributed by atoms with Crippen LogP contribution in [-0.2, 0) is 4.79 Å². The normalized spacial score (nSPS) is 11.4. The maximum atomic E-state index is 11.7. The SMILES string of the molecule is Cc1cc(NC(=O)NC(C)(C)C)ccc1C=CC(=O)O. The Morgan fingerprint density at radius 3 is 2.40 bits per heavy atom. The van der Waals surface area contributed by atoms with Gasteiger partial charge in [0.2, 0.25) is 0 Å². The molecule has 0 aliphatic carbocycles. The highest BCUT2D eigenvalue weighted by Crippen LogP contribution is 2.16. The van der Waals surface area contributed by atoms with Gasteiger partial charge in [-0.05, 0) is 57.0 Å². The Morgan fingerprint density at radius 1 is 1.25 bits per heavy atom. The summed E-state index contributed by atoms with van der Waals surface area (Å²) in [6.45, 7) is 7.56. The van der Waals surface area contributed by atoms with E-state index < -0.39 is 5.97 Å². The van der Waals surface area contributed by atoms with Gasteiger partial charge in [-0.25, -0.2) is 9.59 Å². The third-order valence-corrected chi connectivity index (χ3v) is 2.42. The third-order valence-electron chi connectivity index (χ3n) is 2.42. The van der Waals surface area contributed by atoms with E-state index in [-0.39, 0.29) is 11.6 Å². The zero-order valence-electron chi connectivity index (χ0n) is 12.2. The molecule has 0 aliphatic heterocycles. The van der Waals surface area contributed by atoms with Gasteiger partial charge in [-0.2, -0.15) is 0 Å². The lowest BCUT2D eigenvalue weighted by atomic mass is 10.1. The van der Waals surface area contributed by atoms with Crippen LogP contribution in [0.25, 0.3) is 6.08 Å². The fourth-order valence-electron chi connectivity index (χ4n) is 1.60. The van der Waals surface area contributed by atoms with Crippen molar-refractivity contribution in [2.24, 2.45) is 0 Å². The first-order valence-electron chi connectivity index (χ1n) is 6.28. The monoisotopic (exact) mass is 276 g/mol. The van der Waals surface area contributed by atoms with Crippen LogP contribution in [0.2, 0.25) is 0 Å². The van der Waals surface area contributed by atoms with Crippen LogP contribution in [0, 0.1) is 6.92 Å². The zero-order valence-corrected chi connectivity index (χ0v) is 12.2. The van der Waals surface area contributed by atoms with Gasteiger partial charge < -0.3 is 15.7 Å². The molecule has 0 fully saturated rings. The summed E-state index contributed by atoms with van der Waals surface area (Å²) in [5, 5.41) is 14.1. The number of aryl methyl sites for hydroxylation is 1. The van der Waals surface area contributed by atoms with E-state index in [1.807, 2.05) is 27.7 Å². The van der Waals surface area contributed by atoms with E-state index in [0.29, 0.717) is 5.69 Å². The molecule has 0 radical (unpaired) electrons. The number of hydrogen-bond acceptors (Lipinski definition) is 2. The van der Waals surface area contributed by atoms with Crippen LogP contribution in [0.3, 0.4) is 0 Å². The summed E-state index contributed by atoms with van der Waals surface area (Å²) in [4.78, 5) is 22.2. The first-order chi connectivity index (χ1) is 9.17. The van der Waals surface area contributed by atoms with E-state index in [0.717, 1.165) is 17.2 Å². The Labute approximate surface area is 118 Å². The average molecular weight is 276 g/mol. The Kier molecular flexibility index (Phi) is 4.91. The number of anilines is 1. The maximum Gasteiger partial charge on any atom is 0.328 e. The van der Waals surface area contributed by atoms with Crippen molar-refractivity contribution in [1.82, 2.24) is 5.32 Å². The van der Waals surface area contributed by atoms with E-state index in [4.69, 9.17) is 5.11 Å². The topological polar surface area (TPSA) is 78.4 Å². The molecular weight excluding hydrogens is 256 g/mol.